The van der Waals surface area contributed by atoms with Crippen LogP contribution in [0, 0.1) is 6.92 Å². The van der Waals surface area contributed by atoms with Gasteiger partial charge in [-0.3, -0.25) is 9.71 Å². The molecular formula is C8H8BrF3N2O2S. The number of sulfonamides is 1. The Bertz CT molecular complexity index is 516. The third-order valence-corrected chi connectivity index (χ3v) is 3.81. The maximum absolute atomic E-state index is 12.0. The minimum Gasteiger partial charge on any atom is -0.281 e. The van der Waals surface area contributed by atoms with Crippen LogP contribution in [-0.2, 0) is 10.0 Å². The summed E-state index contributed by atoms with van der Waals surface area (Å²) in [7, 11) is -4.47. The molecule has 0 spiro atoms. The number of hydrogen-bond donors (Lipinski definition) is 1. The zero-order valence-electron chi connectivity index (χ0n) is 8.55. The minimum absolute atomic E-state index is 0.0172. The lowest BCUT2D eigenvalue weighted by molar-refractivity contribution is -0.106. The van der Waals surface area contributed by atoms with E-state index in [1.165, 1.54) is 6.20 Å². The molecule has 1 heterocycles. The Morgan fingerprint density at radius 2 is 2.00 bits per heavy atom. The van der Waals surface area contributed by atoms with Crippen LogP contribution < -0.4 is 4.72 Å². The maximum Gasteiger partial charge on any atom is 0.404 e. The number of nitrogens with zero attached hydrogens (tertiary/aromatic N) is 1. The van der Waals surface area contributed by atoms with Crippen LogP contribution in [0.4, 0.5) is 18.9 Å². The van der Waals surface area contributed by atoms with Crippen molar-refractivity contribution >= 4 is 31.6 Å². The number of hydrogen-bond acceptors (Lipinski definition) is 3. The molecule has 0 saturated carbocycles. The lowest BCUT2D eigenvalue weighted by Gasteiger charge is -2.12. The second kappa shape index (κ2) is 4.81. The lowest BCUT2D eigenvalue weighted by atomic mass is 10.3. The first-order valence-corrected chi connectivity index (χ1v) is 6.72. The molecular weight excluding hydrogens is 325 g/mol. The highest BCUT2D eigenvalue weighted by Crippen LogP contribution is 2.24. The summed E-state index contributed by atoms with van der Waals surface area (Å²) >= 11 is 3.10. The second-order valence-electron chi connectivity index (χ2n) is 3.27. The van der Waals surface area contributed by atoms with Crippen LogP contribution in [0.3, 0.4) is 0 Å². The molecule has 1 N–H and O–H groups in total. The van der Waals surface area contributed by atoms with Gasteiger partial charge in [0, 0.05) is 10.7 Å². The molecule has 1 rings (SSSR count). The predicted molar refractivity (Wildman–Crippen MR) is 60.1 cm³/mol. The van der Waals surface area contributed by atoms with E-state index in [-0.39, 0.29) is 5.69 Å². The topological polar surface area (TPSA) is 59.1 Å². The molecule has 0 radical (unpaired) electrons. The summed E-state index contributed by atoms with van der Waals surface area (Å²) in [6.45, 7) is 1.55. The fourth-order valence-electron chi connectivity index (χ4n) is 1.02. The first-order valence-electron chi connectivity index (χ1n) is 4.28. The molecule has 4 nitrogen and oxygen atoms in total. The Morgan fingerprint density at radius 3 is 2.53 bits per heavy atom. The monoisotopic (exact) mass is 332 g/mol. The van der Waals surface area contributed by atoms with Gasteiger partial charge in [0.05, 0.1) is 11.9 Å². The number of halogens is 4. The molecule has 0 unspecified atom stereocenters. The number of alkyl halides is 3. The lowest BCUT2D eigenvalue weighted by Crippen LogP contribution is -2.28. The largest absolute Gasteiger partial charge is 0.404 e. The fourth-order valence-corrected chi connectivity index (χ4v) is 2.40. The van der Waals surface area contributed by atoms with Crippen LogP contribution >= 0.6 is 15.9 Å². The van der Waals surface area contributed by atoms with Crippen molar-refractivity contribution < 1.29 is 21.6 Å². The third-order valence-electron chi connectivity index (χ3n) is 1.77. The highest BCUT2D eigenvalue weighted by molar-refractivity contribution is 9.10. The van der Waals surface area contributed by atoms with Gasteiger partial charge in [-0.1, -0.05) is 0 Å². The smallest absolute Gasteiger partial charge is 0.281 e. The van der Waals surface area contributed by atoms with Crippen LogP contribution in [0.25, 0.3) is 0 Å². The van der Waals surface area contributed by atoms with Crippen molar-refractivity contribution in [1.29, 1.82) is 0 Å². The molecule has 0 aliphatic carbocycles. The third kappa shape index (κ3) is 4.50. The average molecular weight is 333 g/mol. The summed E-state index contributed by atoms with van der Waals surface area (Å²) < 4.78 is 60.7. The van der Waals surface area contributed by atoms with Gasteiger partial charge in [-0.25, -0.2) is 8.42 Å². The molecule has 17 heavy (non-hydrogen) atoms. The van der Waals surface area contributed by atoms with Crippen LogP contribution in [-0.4, -0.2) is 25.3 Å². The molecule has 0 aliphatic rings. The highest BCUT2D eigenvalue weighted by Gasteiger charge is 2.35. The number of pyridine rings is 1. The first-order chi connectivity index (χ1) is 7.61. The van der Waals surface area contributed by atoms with Gasteiger partial charge in [-0.2, -0.15) is 13.2 Å². The summed E-state index contributed by atoms with van der Waals surface area (Å²) in [5.74, 6) is -1.92. The van der Waals surface area contributed by atoms with E-state index in [1.54, 1.807) is 6.92 Å². The van der Waals surface area contributed by atoms with Gasteiger partial charge in [-0.15, -0.1) is 0 Å². The minimum atomic E-state index is -4.78. The van der Waals surface area contributed by atoms with Gasteiger partial charge in [0.2, 0.25) is 10.0 Å². The maximum atomic E-state index is 12.0. The first kappa shape index (κ1) is 14.2. The van der Waals surface area contributed by atoms with Gasteiger partial charge < -0.3 is 0 Å². The van der Waals surface area contributed by atoms with Crippen molar-refractivity contribution in [2.45, 2.75) is 13.1 Å². The number of nitrogens with one attached hydrogen (secondary N) is 1. The summed E-state index contributed by atoms with van der Waals surface area (Å²) in [5, 5.41) is 0. The van der Waals surface area contributed by atoms with Crippen molar-refractivity contribution in [3.63, 3.8) is 0 Å². The average Bonchev–Trinajstić information content (AvgIpc) is 2.08. The quantitative estimate of drug-likeness (QED) is 0.924. The normalized spacial score (nSPS) is 12.5. The highest BCUT2D eigenvalue weighted by atomic mass is 79.9. The molecule has 0 aromatic carbocycles. The summed E-state index contributed by atoms with van der Waals surface area (Å²) in [6.07, 6.45) is -2.22. The van der Waals surface area contributed by atoms with Gasteiger partial charge in [-0.05, 0) is 28.4 Å². The van der Waals surface area contributed by atoms with Gasteiger partial charge in [0.15, 0.2) is 5.75 Å². The molecule has 0 aliphatic heterocycles. The van der Waals surface area contributed by atoms with Crippen molar-refractivity contribution in [3.05, 3.63) is 22.4 Å². The van der Waals surface area contributed by atoms with E-state index in [2.05, 4.69) is 20.9 Å². The number of rotatable bonds is 3. The summed E-state index contributed by atoms with van der Waals surface area (Å²) in [6, 6.07) is 0. The summed E-state index contributed by atoms with van der Waals surface area (Å²) in [4.78, 5) is 3.67. The van der Waals surface area contributed by atoms with Crippen LogP contribution in [0.5, 0.6) is 0 Å². The van der Waals surface area contributed by atoms with Crippen LogP contribution in [0.2, 0.25) is 0 Å². The van der Waals surface area contributed by atoms with E-state index in [0.717, 1.165) is 6.20 Å². The molecule has 1 aromatic rings. The van der Waals surface area contributed by atoms with Crippen molar-refractivity contribution in [2.24, 2.45) is 0 Å². The van der Waals surface area contributed by atoms with Gasteiger partial charge in [0.25, 0.3) is 0 Å². The molecule has 1 aromatic heterocycles. The van der Waals surface area contributed by atoms with Crippen LogP contribution in [0.1, 0.15) is 5.56 Å². The zero-order valence-corrected chi connectivity index (χ0v) is 10.9. The Hall–Kier alpha value is -0.830. The molecule has 0 amide bonds. The van der Waals surface area contributed by atoms with E-state index in [0.29, 0.717) is 10.0 Å². The fraction of sp³-hybridized carbons (Fsp3) is 0.375. The predicted octanol–water partition coefficient (Wildman–Crippen LogP) is 2.46. The van der Waals surface area contributed by atoms with E-state index in [1.807, 2.05) is 4.72 Å². The molecule has 0 atom stereocenters. The van der Waals surface area contributed by atoms with E-state index < -0.39 is 22.0 Å². The van der Waals surface area contributed by atoms with Crippen LogP contribution in [0.15, 0.2) is 16.9 Å². The van der Waals surface area contributed by atoms with Crippen molar-refractivity contribution in [1.82, 2.24) is 4.98 Å². The SMILES string of the molecule is Cc1c(Br)cncc1NS(=O)(=O)CC(F)(F)F. The molecule has 96 valence electrons. The Morgan fingerprint density at radius 1 is 1.41 bits per heavy atom. The number of anilines is 1. The zero-order chi connectivity index (χ0) is 13.3. The summed E-state index contributed by atoms with van der Waals surface area (Å²) in [5.41, 5.74) is 0.481. The standard InChI is InChI=1S/C8H8BrF3N2O2S/c1-5-6(9)2-13-3-7(5)14-17(15,16)4-8(10,11)12/h2-3,14H,4H2,1H3. The Labute approximate surface area is 104 Å². The molecule has 0 bridgehead atoms. The molecule has 9 heteroatoms. The van der Waals surface area contributed by atoms with Gasteiger partial charge in [0.1, 0.15) is 0 Å². The second-order valence-corrected chi connectivity index (χ2v) is 5.85. The Kier molecular flexibility index (Phi) is 4.03. The van der Waals surface area contributed by atoms with Crippen molar-refractivity contribution in [2.75, 3.05) is 10.5 Å². The molecule has 0 saturated heterocycles. The van der Waals surface area contributed by atoms with Gasteiger partial charge >= 0.3 is 6.18 Å². The van der Waals surface area contributed by atoms with E-state index >= 15 is 0 Å². The van der Waals surface area contributed by atoms with Crippen molar-refractivity contribution in [3.8, 4) is 0 Å². The van der Waals surface area contributed by atoms with E-state index in [9.17, 15) is 21.6 Å². The Balaban J connectivity index is 2.95. The number of aromatic nitrogens is 1. The van der Waals surface area contributed by atoms with E-state index in [4.69, 9.17) is 0 Å². The molecule has 0 fully saturated rings.